The van der Waals surface area contributed by atoms with Crippen LogP contribution < -0.4 is 10.2 Å². The topological polar surface area (TPSA) is 94.7 Å². The summed E-state index contributed by atoms with van der Waals surface area (Å²) in [5, 5.41) is 11.6. The van der Waals surface area contributed by atoms with Gasteiger partial charge in [-0.1, -0.05) is 6.07 Å². The Balaban J connectivity index is 1.59. The van der Waals surface area contributed by atoms with Gasteiger partial charge in [-0.05, 0) is 49.4 Å². The molecule has 29 heavy (non-hydrogen) atoms. The average Bonchev–Trinajstić information content (AvgIpc) is 2.74. The van der Waals surface area contributed by atoms with Crippen molar-refractivity contribution in [1.29, 1.82) is 5.26 Å². The fourth-order valence-electron chi connectivity index (χ4n) is 3.29. The van der Waals surface area contributed by atoms with Crippen molar-refractivity contribution in [3.05, 3.63) is 59.9 Å². The molecule has 1 atom stereocenters. The number of amides is 1. The molecule has 9 heteroatoms. The van der Waals surface area contributed by atoms with Gasteiger partial charge in [0.15, 0.2) is 6.04 Å². The maximum Gasteiger partial charge on any atom is 0.282 e. The lowest BCUT2D eigenvalue weighted by Gasteiger charge is -2.34. The molecule has 2 N–H and O–H groups in total. The summed E-state index contributed by atoms with van der Waals surface area (Å²) in [6, 6.07) is 13.2. The molecule has 152 valence electrons. The van der Waals surface area contributed by atoms with E-state index < -0.39 is 15.8 Å². The van der Waals surface area contributed by atoms with Crippen LogP contribution in [0.25, 0.3) is 0 Å². The number of piperazine rings is 1. The summed E-state index contributed by atoms with van der Waals surface area (Å²) in [6.07, 6.45) is 0. The predicted molar refractivity (Wildman–Crippen MR) is 105 cm³/mol. The van der Waals surface area contributed by atoms with Gasteiger partial charge in [0.2, 0.25) is 10.0 Å². The normalized spacial score (nSPS) is 16.7. The first-order chi connectivity index (χ1) is 13.8. The molecule has 0 aliphatic carbocycles. The van der Waals surface area contributed by atoms with Crippen molar-refractivity contribution < 1.29 is 22.5 Å². The number of sulfonamides is 1. The molecular formula is C20H22FN4O3S+. The number of nitrogens with zero attached hydrogens (tertiary/aromatic N) is 2. The molecule has 1 saturated heterocycles. The third kappa shape index (κ3) is 4.79. The van der Waals surface area contributed by atoms with Gasteiger partial charge in [0.05, 0.1) is 42.7 Å². The summed E-state index contributed by atoms with van der Waals surface area (Å²) < 4.78 is 40.1. The molecule has 0 aromatic heterocycles. The van der Waals surface area contributed by atoms with E-state index in [9.17, 15) is 17.6 Å². The van der Waals surface area contributed by atoms with Crippen LogP contribution in [0.1, 0.15) is 12.5 Å². The van der Waals surface area contributed by atoms with Gasteiger partial charge in [0.25, 0.3) is 5.91 Å². The quantitative estimate of drug-likeness (QED) is 0.746. The zero-order valence-corrected chi connectivity index (χ0v) is 16.7. The molecule has 0 unspecified atom stereocenters. The number of quaternary nitrogens is 1. The van der Waals surface area contributed by atoms with Crippen LogP contribution in [0.3, 0.4) is 0 Å². The smallest absolute Gasteiger partial charge is 0.282 e. The first-order valence-electron chi connectivity index (χ1n) is 9.22. The minimum Gasteiger partial charge on any atom is -0.323 e. The van der Waals surface area contributed by atoms with E-state index >= 15 is 0 Å². The Morgan fingerprint density at radius 3 is 2.45 bits per heavy atom. The number of benzene rings is 2. The first kappa shape index (κ1) is 20.9. The molecule has 0 radical (unpaired) electrons. The van der Waals surface area contributed by atoms with Crippen molar-refractivity contribution in [2.45, 2.75) is 17.9 Å². The van der Waals surface area contributed by atoms with Crippen LogP contribution in [-0.2, 0) is 14.8 Å². The number of halogens is 1. The highest BCUT2D eigenvalue weighted by Crippen LogP contribution is 2.16. The fraction of sp³-hybridized carbons (Fsp3) is 0.300. The first-order valence-corrected chi connectivity index (χ1v) is 10.7. The highest BCUT2D eigenvalue weighted by molar-refractivity contribution is 7.89. The monoisotopic (exact) mass is 417 g/mol. The SMILES string of the molecule is C[C@@H](C(=O)Nc1ccc(C#N)cc1)[NH+]1CCN(S(=O)(=O)c2cccc(F)c2)CC1. The van der Waals surface area contributed by atoms with Crippen molar-refractivity contribution >= 4 is 21.6 Å². The number of hydrogen-bond donors (Lipinski definition) is 2. The summed E-state index contributed by atoms with van der Waals surface area (Å²) in [6.45, 7) is 3.24. The lowest BCUT2D eigenvalue weighted by molar-refractivity contribution is -0.917. The Labute approximate surface area is 169 Å². The van der Waals surface area contributed by atoms with Gasteiger partial charge in [-0.15, -0.1) is 0 Å². The fourth-order valence-corrected chi connectivity index (χ4v) is 4.76. The molecule has 1 aliphatic heterocycles. The summed E-state index contributed by atoms with van der Waals surface area (Å²) in [5.41, 5.74) is 1.12. The number of nitriles is 1. The van der Waals surface area contributed by atoms with Gasteiger partial charge >= 0.3 is 0 Å². The van der Waals surface area contributed by atoms with Crippen LogP contribution >= 0.6 is 0 Å². The molecule has 1 heterocycles. The lowest BCUT2D eigenvalue weighted by atomic mass is 10.2. The van der Waals surface area contributed by atoms with E-state index in [1.54, 1.807) is 31.2 Å². The van der Waals surface area contributed by atoms with Gasteiger partial charge in [-0.25, -0.2) is 12.8 Å². The molecule has 0 spiro atoms. The van der Waals surface area contributed by atoms with Crippen LogP contribution in [0.4, 0.5) is 10.1 Å². The Kier molecular flexibility index (Phi) is 6.27. The molecule has 0 bridgehead atoms. The largest absolute Gasteiger partial charge is 0.323 e. The second kappa shape index (κ2) is 8.69. The molecule has 2 aromatic rings. The molecule has 2 aromatic carbocycles. The van der Waals surface area contributed by atoms with Gasteiger partial charge in [-0.3, -0.25) is 4.79 Å². The number of rotatable bonds is 5. The molecule has 1 fully saturated rings. The second-order valence-electron chi connectivity index (χ2n) is 6.92. The number of hydrogen-bond acceptors (Lipinski definition) is 4. The summed E-state index contributed by atoms with van der Waals surface area (Å²) in [5.74, 6) is -0.769. The molecule has 1 amide bonds. The van der Waals surface area contributed by atoms with Crippen molar-refractivity contribution in [2.24, 2.45) is 0 Å². The lowest BCUT2D eigenvalue weighted by Crippen LogP contribution is -3.19. The van der Waals surface area contributed by atoms with Crippen LogP contribution in [-0.4, -0.2) is 50.9 Å². The van der Waals surface area contributed by atoms with Gasteiger partial charge in [0, 0.05) is 5.69 Å². The summed E-state index contributed by atoms with van der Waals surface area (Å²) in [7, 11) is -3.76. The van der Waals surface area contributed by atoms with E-state index in [0.29, 0.717) is 24.3 Å². The van der Waals surface area contributed by atoms with Crippen molar-refractivity contribution in [3.63, 3.8) is 0 Å². The molecule has 7 nitrogen and oxygen atoms in total. The Morgan fingerprint density at radius 2 is 1.86 bits per heavy atom. The van der Waals surface area contributed by atoms with E-state index in [1.807, 2.05) is 6.07 Å². The van der Waals surface area contributed by atoms with E-state index in [2.05, 4.69) is 5.32 Å². The van der Waals surface area contributed by atoms with Gasteiger partial charge in [0.1, 0.15) is 5.82 Å². The number of carbonyl (C=O) groups excluding carboxylic acids is 1. The third-order valence-electron chi connectivity index (χ3n) is 5.09. The van der Waals surface area contributed by atoms with Crippen LogP contribution in [0, 0.1) is 17.1 Å². The van der Waals surface area contributed by atoms with Crippen molar-refractivity contribution in [2.75, 3.05) is 31.5 Å². The minimum atomic E-state index is -3.76. The highest BCUT2D eigenvalue weighted by Gasteiger charge is 2.34. The van der Waals surface area contributed by atoms with Gasteiger partial charge < -0.3 is 10.2 Å². The predicted octanol–water partition coefficient (Wildman–Crippen LogP) is 0.614. The van der Waals surface area contributed by atoms with E-state index in [0.717, 1.165) is 11.0 Å². The van der Waals surface area contributed by atoms with Crippen LogP contribution in [0.2, 0.25) is 0 Å². The number of nitrogens with one attached hydrogen (secondary N) is 2. The zero-order chi connectivity index (χ0) is 21.0. The summed E-state index contributed by atoms with van der Waals surface area (Å²) in [4.78, 5) is 13.4. The van der Waals surface area contributed by atoms with Crippen molar-refractivity contribution in [3.8, 4) is 6.07 Å². The maximum absolute atomic E-state index is 13.4. The Hall–Kier alpha value is -2.80. The number of carbonyl (C=O) groups is 1. The molecular weight excluding hydrogens is 395 g/mol. The van der Waals surface area contributed by atoms with E-state index in [-0.39, 0.29) is 29.9 Å². The standard InChI is InChI=1S/C20H21FN4O3S/c1-15(20(26)23-18-7-5-16(14-22)6-8-18)24-9-11-25(12-10-24)29(27,28)19-4-2-3-17(21)13-19/h2-8,13,15H,9-12H2,1H3,(H,23,26)/p+1/t15-/m0/s1. The Bertz CT molecular complexity index is 1030. The average molecular weight is 417 g/mol. The van der Waals surface area contributed by atoms with Gasteiger partial charge in [-0.2, -0.15) is 9.57 Å². The molecule has 0 saturated carbocycles. The minimum absolute atomic E-state index is 0.0624. The van der Waals surface area contributed by atoms with Crippen molar-refractivity contribution in [1.82, 2.24) is 4.31 Å². The summed E-state index contributed by atoms with van der Waals surface area (Å²) >= 11 is 0. The third-order valence-corrected chi connectivity index (χ3v) is 6.98. The van der Waals surface area contributed by atoms with E-state index in [4.69, 9.17) is 5.26 Å². The highest BCUT2D eigenvalue weighted by atomic mass is 32.2. The van der Waals surface area contributed by atoms with Crippen LogP contribution in [0.5, 0.6) is 0 Å². The Morgan fingerprint density at radius 1 is 1.21 bits per heavy atom. The molecule has 1 aliphatic rings. The molecule has 3 rings (SSSR count). The zero-order valence-electron chi connectivity index (χ0n) is 15.9. The number of anilines is 1. The van der Waals surface area contributed by atoms with E-state index in [1.165, 1.54) is 22.5 Å². The van der Waals surface area contributed by atoms with Crippen LogP contribution in [0.15, 0.2) is 53.4 Å². The second-order valence-corrected chi connectivity index (χ2v) is 8.86. The maximum atomic E-state index is 13.4.